The first-order chi connectivity index (χ1) is 7.38. The standard InChI is InChI=1S/C14H21N/c1-15-14-9-5-8-13(11-14)10-12-6-3-2-4-7-12/h5,8-9,11-12,15H,2-4,6-7,10H2,1H3. The summed E-state index contributed by atoms with van der Waals surface area (Å²) in [5.74, 6) is 0.936. The van der Waals surface area contributed by atoms with Gasteiger partial charge in [0.05, 0.1) is 0 Å². The van der Waals surface area contributed by atoms with Gasteiger partial charge in [0.25, 0.3) is 0 Å². The van der Waals surface area contributed by atoms with E-state index >= 15 is 0 Å². The minimum Gasteiger partial charge on any atom is -0.388 e. The number of nitrogens with one attached hydrogen (secondary N) is 1. The molecular weight excluding hydrogens is 182 g/mol. The molecule has 1 nitrogen and oxygen atoms in total. The van der Waals surface area contributed by atoms with Crippen molar-refractivity contribution in [2.45, 2.75) is 38.5 Å². The van der Waals surface area contributed by atoms with Crippen LogP contribution >= 0.6 is 0 Å². The van der Waals surface area contributed by atoms with Gasteiger partial charge >= 0.3 is 0 Å². The molecule has 0 amide bonds. The lowest BCUT2D eigenvalue weighted by Gasteiger charge is -2.21. The third-order valence-electron chi connectivity index (χ3n) is 3.46. The van der Waals surface area contributed by atoms with Crippen molar-refractivity contribution >= 4 is 5.69 Å². The van der Waals surface area contributed by atoms with Crippen LogP contribution in [0.4, 0.5) is 5.69 Å². The molecule has 1 heteroatoms. The van der Waals surface area contributed by atoms with Crippen LogP contribution in [-0.4, -0.2) is 7.05 Å². The lowest BCUT2D eigenvalue weighted by atomic mass is 9.85. The molecule has 0 heterocycles. The largest absolute Gasteiger partial charge is 0.388 e. The lowest BCUT2D eigenvalue weighted by molar-refractivity contribution is 0.357. The zero-order valence-corrected chi connectivity index (χ0v) is 9.63. The van der Waals surface area contributed by atoms with Crippen LogP contribution in [-0.2, 0) is 6.42 Å². The van der Waals surface area contributed by atoms with Gasteiger partial charge in [-0.25, -0.2) is 0 Å². The molecule has 82 valence electrons. The second kappa shape index (κ2) is 5.20. The Morgan fingerprint density at radius 3 is 2.73 bits per heavy atom. The maximum absolute atomic E-state index is 3.20. The Balaban J connectivity index is 1.96. The van der Waals surface area contributed by atoms with Gasteiger partial charge in [-0.15, -0.1) is 0 Å². The molecule has 1 saturated carbocycles. The Hall–Kier alpha value is -0.980. The fourth-order valence-corrected chi connectivity index (χ4v) is 2.58. The number of benzene rings is 1. The fourth-order valence-electron chi connectivity index (χ4n) is 2.58. The van der Waals surface area contributed by atoms with E-state index in [1.807, 2.05) is 7.05 Å². The molecule has 15 heavy (non-hydrogen) atoms. The van der Waals surface area contributed by atoms with Crippen LogP contribution in [0.5, 0.6) is 0 Å². The zero-order chi connectivity index (χ0) is 10.5. The van der Waals surface area contributed by atoms with Gasteiger partial charge in [0.15, 0.2) is 0 Å². The highest BCUT2D eigenvalue weighted by atomic mass is 14.8. The van der Waals surface area contributed by atoms with Crippen LogP contribution in [0.1, 0.15) is 37.7 Å². The highest BCUT2D eigenvalue weighted by molar-refractivity contribution is 5.45. The molecule has 1 fully saturated rings. The van der Waals surface area contributed by atoms with Crippen molar-refractivity contribution in [3.8, 4) is 0 Å². The third-order valence-corrected chi connectivity index (χ3v) is 3.46. The van der Waals surface area contributed by atoms with Crippen molar-refractivity contribution in [2.24, 2.45) is 5.92 Å². The fraction of sp³-hybridized carbons (Fsp3) is 0.571. The van der Waals surface area contributed by atoms with Crippen molar-refractivity contribution in [1.82, 2.24) is 0 Å². The molecular formula is C14H21N. The topological polar surface area (TPSA) is 12.0 Å². The van der Waals surface area contributed by atoms with Gasteiger partial charge in [0.2, 0.25) is 0 Å². The number of hydrogen-bond acceptors (Lipinski definition) is 1. The van der Waals surface area contributed by atoms with Gasteiger partial charge in [-0.2, -0.15) is 0 Å². The van der Waals surface area contributed by atoms with Crippen LogP contribution in [0.2, 0.25) is 0 Å². The van der Waals surface area contributed by atoms with Gasteiger partial charge < -0.3 is 5.32 Å². The molecule has 0 radical (unpaired) electrons. The normalized spacial score (nSPS) is 17.7. The summed E-state index contributed by atoms with van der Waals surface area (Å²) >= 11 is 0. The molecule has 1 aromatic rings. The van der Waals surface area contributed by atoms with Crippen LogP contribution < -0.4 is 5.32 Å². The van der Waals surface area contributed by atoms with E-state index in [9.17, 15) is 0 Å². The van der Waals surface area contributed by atoms with Gasteiger partial charge in [-0.3, -0.25) is 0 Å². The van der Waals surface area contributed by atoms with Crippen molar-refractivity contribution in [3.63, 3.8) is 0 Å². The van der Waals surface area contributed by atoms with Crippen molar-refractivity contribution < 1.29 is 0 Å². The molecule has 2 rings (SSSR count). The summed E-state index contributed by atoms with van der Waals surface area (Å²) in [5.41, 5.74) is 2.73. The van der Waals surface area contributed by atoms with Gasteiger partial charge in [0, 0.05) is 12.7 Å². The lowest BCUT2D eigenvalue weighted by Crippen LogP contribution is -2.09. The van der Waals surface area contributed by atoms with E-state index in [2.05, 4.69) is 29.6 Å². The summed E-state index contributed by atoms with van der Waals surface area (Å²) in [6, 6.07) is 8.83. The molecule has 0 aromatic heterocycles. The van der Waals surface area contributed by atoms with Crippen LogP contribution in [0, 0.1) is 5.92 Å². The Labute approximate surface area is 92.9 Å². The molecule has 1 aliphatic carbocycles. The first-order valence-corrected chi connectivity index (χ1v) is 6.15. The Morgan fingerprint density at radius 2 is 2.00 bits per heavy atom. The SMILES string of the molecule is CNc1cccc(CC2CCCCC2)c1. The monoisotopic (exact) mass is 203 g/mol. The molecule has 0 atom stereocenters. The van der Waals surface area contributed by atoms with Crippen LogP contribution in [0.15, 0.2) is 24.3 Å². The molecule has 1 aliphatic rings. The Bertz CT molecular complexity index is 300. The van der Waals surface area contributed by atoms with E-state index in [0.717, 1.165) is 5.92 Å². The summed E-state index contributed by atoms with van der Waals surface area (Å²) in [7, 11) is 1.99. The number of rotatable bonds is 3. The van der Waals surface area contributed by atoms with Crippen molar-refractivity contribution in [1.29, 1.82) is 0 Å². The van der Waals surface area contributed by atoms with E-state index in [4.69, 9.17) is 0 Å². The van der Waals surface area contributed by atoms with E-state index in [-0.39, 0.29) is 0 Å². The van der Waals surface area contributed by atoms with Gasteiger partial charge in [0.1, 0.15) is 0 Å². The first-order valence-electron chi connectivity index (χ1n) is 6.15. The molecule has 0 aliphatic heterocycles. The number of anilines is 1. The molecule has 0 bridgehead atoms. The zero-order valence-electron chi connectivity index (χ0n) is 9.63. The van der Waals surface area contributed by atoms with E-state index in [1.165, 1.54) is 49.8 Å². The minimum absolute atomic E-state index is 0.936. The maximum Gasteiger partial charge on any atom is 0.0340 e. The van der Waals surface area contributed by atoms with E-state index < -0.39 is 0 Å². The summed E-state index contributed by atoms with van der Waals surface area (Å²) < 4.78 is 0. The molecule has 0 unspecified atom stereocenters. The average molecular weight is 203 g/mol. The Morgan fingerprint density at radius 1 is 1.20 bits per heavy atom. The van der Waals surface area contributed by atoms with Crippen LogP contribution in [0.25, 0.3) is 0 Å². The second-order valence-corrected chi connectivity index (χ2v) is 4.66. The average Bonchev–Trinajstić information content (AvgIpc) is 2.31. The highest BCUT2D eigenvalue weighted by Gasteiger charge is 2.13. The first kappa shape index (κ1) is 10.5. The quantitative estimate of drug-likeness (QED) is 0.786. The molecule has 0 spiro atoms. The molecule has 1 aromatic carbocycles. The minimum atomic E-state index is 0.936. The molecule has 1 N–H and O–H groups in total. The number of hydrogen-bond donors (Lipinski definition) is 1. The van der Waals surface area contributed by atoms with Crippen LogP contribution in [0.3, 0.4) is 0 Å². The molecule has 0 saturated heterocycles. The van der Waals surface area contributed by atoms with Crippen molar-refractivity contribution in [3.05, 3.63) is 29.8 Å². The van der Waals surface area contributed by atoms with Crippen molar-refractivity contribution in [2.75, 3.05) is 12.4 Å². The summed E-state index contributed by atoms with van der Waals surface area (Å²) in [4.78, 5) is 0. The van der Waals surface area contributed by atoms with E-state index in [1.54, 1.807) is 0 Å². The van der Waals surface area contributed by atoms with Gasteiger partial charge in [-0.05, 0) is 30.0 Å². The third kappa shape index (κ3) is 2.98. The van der Waals surface area contributed by atoms with Gasteiger partial charge in [-0.1, -0.05) is 44.2 Å². The predicted octanol–water partition coefficient (Wildman–Crippen LogP) is 3.85. The maximum atomic E-state index is 3.20. The summed E-state index contributed by atoms with van der Waals surface area (Å²) in [6.45, 7) is 0. The Kier molecular flexibility index (Phi) is 3.65. The summed E-state index contributed by atoms with van der Waals surface area (Å²) in [6.07, 6.45) is 8.48. The second-order valence-electron chi connectivity index (χ2n) is 4.66. The highest BCUT2D eigenvalue weighted by Crippen LogP contribution is 2.27. The van der Waals surface area contributed by atoms with E-state index in [0.29, 0.717) is 0 Å². The predicted molar refractivity (Wildman–Crippen MR) is 66.3 cm³/mol. The summed E-state index contributed by atoms with van der Waals surface area (Å²) in [5, 5.41) is 3.20. The smallest absolute Gasteiger partial charge is 0.0340 e.